The number of anilines is 2. The Morgan fingerprint density at radius 3 is 2.88 bits per heavy atom. The predicted molar refractivity (Wildman–Crippen MR) is 98.7 cm³/mol. The van der Waals surface area contributed by atoms with Crippen LogP contribution in [0.4, 0.5) is 15.8 Å². The Hall–Kier alpha value is -2.45. The van der Waals surface area contributed by atoms with Crippen molar-refractivity contribution in [3.63, 3.8) is 0 Å². The van der Waals surface area contributed by atoms with Crippen LogP contribution in [0.2, 0.25) is 0 Å². The molecule has 1 N–H and O–H groups in total. The lowest BCUT2D eigenvalue weighted by atomic mass is 10.1. The number of rotatable bonds is 6. The van der Waals surface area contributed by atoms with Crippen molar-refractivity contribution in [1.82, 2.24) is 9.97 Å². The summed E-state index contributed by atoms with van der Waals surface area (Å²) in [5.41, 5.74) is 1.43. The van der Waals surface area contributed by atoms with Crippen LogP contribution < -0.4 is 14.8 Å². The second kappa shape index (κ2) is 7.05. The molecule has 1 aliphatic rings. The molecule has 4 rings (SSSR count). The number of epoxide rings is 1. The first kappa shape index (κ1) is 17.0. The minimum atomic E-state index is -0.394. The van der Waals surface area contributed by atoms with Crippen LogP contribution in [0.15, 0.2) is 41.1 Å². The van der Waals surface area contributed by atoms with Crippen LogP contribution in [0, 0.1) is 5.82 Å². The molecule has 6 nitrogen and oxygen atoms in total. The van der Waals surface area contributed by atoms with Gasteiger partial charge in [-0.25, -0.2) is 14.4 Å². The van der Waals surface area contributed by atoms with Crippen LogP contribution in [-0.2, 0) is 4.74 Å². The summed E-state index contributed by atoms with van der Waals surface area (Å²) in [7, 11) is 1.55. The maximum Gasteiger partial charge on any atom is 0.224 e. The summed E-state index contributed by atoms with van der Waals surface area (Å²) in [6.07, 6.45) is 1.53. The second-order valence-electron chi connectivity index (χ2n) is 5.73. The van der Waals surface area contributed by atoms with Crippen LogP contribution in [0.3, 0.4) is 0 Å². The number of hydrogen-bond acceptors (Lipinski definition) is 6. The number of methoxy groups -OCH3 is 1. The predicted octanol–water partition coefficient (Wildman–Crippen LogP) is 4.06. The highest BCUT2D eigenvalue weighted by molar-refractivity contribution is 9.10. The molecule has 0 aliphatic carbocycles. The first-order valence-corrected chi connectivity index (χ1v) is 8.73. The Labute approximate surface area is 157 Å². The number of halogens is 2. The number of nitrogens with zero attached hydrogens (tertiary/aromatic N) is 2. The number of hydrogen-bond donors (Lipinski definition) is 1. The van der Waals surface area contributed by atoms with Gasteiger partial charge in [-0.05, 0) is 30.3 Å². The molecule has 0 spiro atoms. The monoisotopic (exact) mass is 419 g/mol. The fourth-order valence-electron chi connectivity index (χ4n) is 2.56. The molecule has 0 bridgehead atoms. The highest BCUT2D eigenvalue weighted by atomic mass is 79.9. The normalized spacial score (nSPS) is 15.7. The van der Waals surface area contributed by atoms with E-state index in [9.17, 15) is 4.39 Å². The molecule has 1 aromatic heterocycles. The van der Waals surface area contributed by atoms with Gasteiger partial charge in [0.25, 0.3) is 0 Å². The SMILES string of the molecule is COc1ccc2c(OCC3CO3)ncnc2c1Nc1ccc(Br)cc1F. The smallest absolute Gasteiger partial charge is 0.224 e. The van der Waals surface area contributed by atoms with Gasteiger partial charge in [-0.3, -0.25) is 0 Å². The molecule has 2 heterocycles. The summed E-state index contributed by atoms with van der Waals surface area (Å²) >= 11 is 3.25. The van der Waals surface area contributed by atoms with Gasteiger partial charge in [0.15, 0.2) is 0 Å². The van der Waals surface area contributed by atoms with Crippen LogP contribution in [0.5, 0.6) is 11.6 Å². The van der Waals surface area contributed by atoms with E-state index < -0.39 is 5.82 Å². The molecule has 1 aliphatic heterocycles. The van der Waals surface area contributed by atoms with Crippen molar-refractivity contribution in [2.24, 2.45) is 0 Å². The number of nitrogens with one attached hydrogen (secondary N) is 1. The molecule has 0 amide bonds. The van der Waals surface area contributed by atoms with E-state index in [1.54, 1.807) is 25.3 Å². The van der Waals surface area contributed by atoms with Crippen molar-refractivity contribution < 1.29 is 18.6 Å². The summed E-state index contributed by atoms with van der Waals surface area (Å²) in [6, 6.07) is 8.37. The molecule has 0 radical (unpaired) electrons. The highest BCUT2D eigenvalue weighted by Crippen LogP contribution is 2.37. The zero-order valence-corrected chi connectivity index (χ0v) is 15.4. The third-order valence-electron chi connectivity index (χ3n) is 3.95. The van der Waals surface area contributed by atoms with Crippen LogP contribution in [0.25, 0.3) is 10.9 Å². The summed E-state index contributed by atoms with van der Waals surface area (Å²) in [5, 5.41) is 3.78. The Bertz CT molecular complexity index is 966. The molecule has 134 valence electrons. The van der Waals surface area contributed by atoms with E-state index in [1.807, 2.05) is 6.07 Å². The Morgan fingerprint density at radius 2 is 2.15 bits per heavy atom. The number of benzene rings is 2. The minimum Gasteiger partial charge on any atom is -0.494 e. The first-order chi connectivity index (χ1) is 12.7. The molecular formula is C18H15BrFN3O3. The topological polar surface area (TPSA) is 68.8 Å². The van der Waals surface area contributed by atoms with Crippen molar-refractivity contribution >= 4 is 38.2 Å². The van der Waals surface area contributed by atoms with Gasteiger partial charge in [-0.2, -0.15) is 0 Å². The Kier molecular flexibility index (Phi) is 4.60. The Morgan fingerprint density at radius 1 is 1.31 bits per heavy atom. The molecule has 8 heteroatoms. The molecule has 3 aromatic rings. The maximum absolute atomic E-state index is 14.3. The van der Waals surface area contributed by atoms with Crippen molar-refractivity contribution in [2.45, 2.75) is 6.10 Å². The fourth-order valence-corrected chi connectivity index (χ4v) is 2.89. The van der Waals surface area contributed by atoms with Gasteiger partial charge in [-0.1, -0.05) is 15.9 Å². The molecule has 26 heavy (non-hydrogen) atoms. The molecule has 1 fully saturated rings. The van der Waals surface area contributed by atoms with Crippen molar-refractivity contribution in [2.75, 3.05) is 25.6 Å². The van der Waals surface area contributed by atoms with Crippen LogP contribution >= 0.6 is 15.9 Å². The average Bonchev–Trinajstić information content (AvgIpc) is 3.46. The number of fused-ring (bicyclic) bond motifs is 1. The quantitative estimate of drug-likeness (QED) is 0.607. The standard InChI is InChI=1S/C18H15BrFN3O3/c1-24-15-5-3-12-16(21-9-22-18(12)26-8-11-7-25-11)17(15)23-14-4-2-10(19)6-13(14)20/h2-6,9,11,23H,7-8H2,1H3. The zero-order chi connectivity index (χ0) is 18.1. The van der Waals surface area contributed by atoms with Gasteiger partial charge >= 0.3 is 0 Å². The second-order valence-corrected chi connectivity index (χ2v) is 6.65. The van der Waals surface area contributed by atoms with E-state index >= 15 is 0 Å². The summed E-state index contributed by atoms with van der Waals surface area (Å²) < 4.78 is 31.2. The van der Waals surface area contributed by atoms with E-state index in [0.29, 0.717) is 51.6 Å². The molecule has 1 saturated heterocycles. The van der Waals surface area contributed by atoms with Gasteiger partial charge in [0.1, 0.15) is 41.8 Å². The summed E-state index contributed by atoms with van der Waals surface area (Å²) in [4.78, 5) is 8.54. The van der Waals surface area contributed by atoms with E-state index in [0.717, 1.165) is 0 Å². The summed E-state index contributed by atoms with van der Waals surface area (Å²) in [5.74, 6) is 0.595. The molecule has 2 aromatic carbocycles. The van der Waals surface area contributed by atoms with E-state index in [-0.39, 0.29) is 6.10 Å². The lowest BCUT2D eigenvalue weighted by molar-refractivity contribution is 0.257. The fraction of sp³-hybridized carbons (Fsp3) is 0.222. The molecular weight excluding hydrogens is 405 g/mol. The van der Waals surface area contributed by atoms with Crippen LogP contribution in [-0.4, -0.2) is 36.4 Å². The van der Waals surface area contributed by atoms with Gasteiger partial charge in [0.2, 0.25) is 5.88 Å². The van der Waals surface area contributed by atoms with Crippen molar-refractivity contribution in [1.29, 1.82) is 0 Å². The van der Waals surface area contributed by atoms with Crippen molar-refractivity contribution in [3.05, 3.63) is 46.9 Å². The maximum atomic E-state index is 14.3. The van der Waals surface area contributed by atoms with E-state index in [2.05, 4.69) is 31.2 Å². The van der Waals surface area contributed by atoms with Gasteiger partial charge in [0.05, 0.1) is 24.8 Å². The molecule has 1 unspecified atom stereocenters. The van der Waals surface area contributed by atoms with Crippen molar-refractivity contribution in [3.8, 4) is 11.6 Å². The first-order valence-electron chi connectivity index (χ1n) is 7.94. The minimum absolute atomic E-state index is 0.118. The lowest BCUT2D eigenvalue weighted by Gasteiger charge is -2.15. The third-order valence-corrected chi connectivity index (χ3v) is 4.44. The molecule has 0 saturated carbocycles. The number of ether oxygens (including phenoxy) is 3. The van der Waals surface area contributed by atoms with Gasteiger partial charge < -0.3 is 19.5 Å². The largest absolute Gasteiger partial charge is 0.494 e. The summed E-state index contributed by atoms with van der Waals surface area (Å²) in [6.45, 7) is 1.13. The Balaban J connectivity index is 1.76. The lowest BCUT2D eigenvalue weighted by Crippen LogP contribution is -2.06. The average molecular weight is 420 g/mol. The van der Waals surface area contributed by atoms with Gasteiger partial charge in [-0.15, -0.1) is 0 Å². The third kappa shape index (κ3) is 3.42. The zero-order valence-electron chi connectivity index (χ0n) is 13.8. The van der Waals surface area contributed by atoms with Crippen LogP contribution in [0.1, 0.15) is 0 Å². The van der Waals surface area contributed by atoms with Gasteiger partial charge in [0, 0.05) is 4.47 Å². The molecule has 1 atom stereocenters. The number of aromatic nitrogens is 2. The van der Waals surface area contributed by atoms with E-state index in [1.165, 1.54) is 12.4 Å². The highest BCUT2D eigenvalue weighted by Gasteiger charge is 2.24. The van der Waals surface area contributed by atoms with E-state index in [4.69, 9.17) is 14.2 Å².